The predicted octanol–water partition coefficient (Wildman–Crippen LogP) is 1.25. The molecule has 0 aromatic heterocycles. The Morgan fingerprint density at radius 2 is 1.52 bits per heavy atom. The molecule has 0 spiro atoms. The topological polar surface area (TPSA) is 80.3 Å². The van der Waals surface area contributed by atoms with E-state index in [0.29, 0.717) is 6.42 Å². The standard InChI is InChI=1S/C14H21NO4S2/c1-10-13(15-2)8-9-14(10)21(18,19)12-6-4-11(5-7-12)20(3,16)17/h4-7,10,13-15H,8-9H2,1-3H3. The fraction of sp³-hybridized carbons (Fsp3) is 0.571. The lowest BCUT2D eigenvalue weighted by Crippen LogP contribution is -2.34. The van der Waals surface area contributed by atoms with Gasteiger partial charge in [0, 0.05) is 12.3 Å². The van der Waals surface area contributed by atoms with Gasteiger partial charge in [-0.25, -0.2) is 16.8 Å². The highest BCUT2D eigenvalue weighted by Gasteiger charge is 2.40. The van der Waals surface area contributed by atoms with Crippen LogP contribution in [0.4, 0.5) is 0 Å². The Labute approximate surface area is 126 Å². The highest BCUT2D eigenvalue weighted by molar-refractivity contribution is 7.92. The van der Waals surface area contributed by atoms with Gasteiger partial charge in [-0.2, -0.15) is 0 Å². The summed E-state index contributed by atoms with van der Waals surface area (Å²) in [6.07, 6.45) is 2.57. The molecule has 1 aromatic rings. The molecule has 1 saturated carbocycles. The summed E-state index contributed by atoms with van der Waals surface area (Å²) in [4.78, 5) is 0.331. The maximum atomic E-state index is 12.7. The molecular weight excluding hydrogens is 310 g/mol. The first-order chi connectivity index (χ1) is 9.67. The van der Waals surface area contributed by atoms with Crippen molar-refractivity contribution in [2.24, 2.45) is 5.92 Å². The van der Waals surface area contributed by atoms with Crippen LogP contribution in [0, 0.1) is 5.92 Å². The van der Waals surface area contributed by atoms with Gasteiger partial charge in [-0.3, -0.25) is 0 Å². The molecular formula is C14H21NO4S2. The summed E-state index contributed by atoms with van der Waals surface area (Å²) in [6.45, 7) is 1.95. The Balaban J connectivity index is 2.33. The van der Waals surface area contributed by atoms with Crippen LogP contribution in [-0.2, 0) is 19.7 Å². The molecule has 0 bridgehead atoms. The second kappa shape index (κ2) is 5.70. The van der Waals surface area contributed by atoms with Crippen molar-refractivity contribution in [1.82, 2.24) is 5.32 Å². The molecule has 118 valence electrons. The van der Waals surface area contributed by atoms with Gasteiger partial charge in [0.1, 0.15) is 0 Å². The quantitative estimate of drug-likeness (QED) is 0.898. The Hall–Kier alpha value is -0.920. The molecule has 1 aliphatic rings. The zero-order valence-corrected chi connectivity index (χ0v) is 14.0. The van der Waals surface area contributed by atoms with Crippen LogP contribution in [0.3, 0.4) is 0 Å². The van der Waals surface area contributed by atoms with Crippen LogP contribution in [0.15, 0.2) is 34.1 Å². The molecule has 0 saturated heterocycles. The number of hydrogen-bond acceptors (Lipinski definition) is 5. The van der Waals surface area contributed by atoms with Crippen molar-refractivity contribution < 1.29 is 16.8 Å². The number of hydrogen-bond donors (Lipinski definition) is 1. The van der Waals surface area contributed by atoms with Crippen LogP contribution >= 0.6 is 0 Å². The molecule has 3 unspecified atom stereocenters. The largest absolute Gasteiger partial charge is 0.317 e. The summed E-state index contributed by atoms with van der Waals surface area (Å²) in [6, 6.07) is 5.71. The lowest BCUT2D eigenvalue weighted by atomic mass is 10.1. The first kappa shape index (κ1) is 16.5. The van der Waals surface area contributed by atoms with E-state index in [1.807, 2.05) is 14.0 Å². The molecule has 0 amide bonds. The summed E-state index contributed by atoms with van der Waals surface area (Å²) in [7, 11) is -4.90. The first-order valence-corrected chi connectivity index (χ1v) is 10.3. The van der Waals surface area contributed by atoms with E-state index in [-0.39, 0.29) is 21.8 Å². The van der Waals surface area contributed by atoms with Crippen LogP contribution in [0.1, 0.15) is 19.8 Å². The maximum Gasteiger partial charge on any atom is 0.181 e. The minimum Gasteiger partial charge on any atom is -0.317 e. The molecule has 0 heterocycles. The third-order valence-corrected chi connectivity index (χ3v) is 7.85. The van der Waals surface area contributed by atoms with Crippen LogP contribution < -0.4 is 5.32 Å². The smallest absolute Gasteiger partial charge is 0.181 e. The summed E-state index contributed by atoms with van der Waals surface area (Å²) >= 11 is 0. The van der Waals surface area contributed by atoms with E-state index in [1.54, 1.807) is 0 Å². The Bertz CT molecular complexity index is 708. The number of benzene rings is 1. The Kier molecular flexibility index (Phi) is 4.46. The molecule has 7 heteroatoms. The van der Waals surface area contributed by atoms with Crippen LogP contribution in [0.2, 0.25) is 0 Å². The highest BCUT2D eigenvalue weighted by atomic mass is 32.2. The zero-order valence-electron chi connectivity index (χ0n) is 12.4. The highest BCUT2D eigenvalue weighted by Crippen LogP contribution is 2.34. The van der Waals surface area contributed by atoms with Crippen molar-refractivity contribution in [2.75, 3.05) is 13.3 Å². The predicted molar refractivity (Wildman–Crippen MR) is 81.8 cm³/mol. The maximum absolute atomic E-state index is 12.7. The van der Waals surface area contributed by atoms with Crippen molar-refractivity contribution >= 4 is 19.7 Å². The lowest BCUT2D eigenvalue weighted by molar-refractivity contribution is 0.453. The zero-order chi connectivity index (χ0) is 15.8. The summed E-state index contributed by atoms with van der Waals surface area (Å²) in [5.41, 5.74) is 0. The molecule has 1 N–H and O–H groups in total. The monoisotopic (exact) mass is 331 g/mol. The third-order valence-electron chi connectivity index (χ3n) is 4.33. The molecule has 2 rings (SSSR count). The third kappa shape index (κ3) is 3.14. The summed E-state index contributed by atoms with van der Waals surface area (Å²) in [5, 5.41) is 2.73. The van der Waals surface area contributed by atoms with E-state index in [9.17, 15) is 16.8 Å². The molecule has 1 aromatic carbocycles. The van der Waals surface area contributed by atoms with Gasteiger partial charge in [-0.15, -0.1) is 0 Å². The van der Waals surface area contributed by atoms with Crippen LogP contribution in [-0.4, -0.2) is 41.4 Å². The van der Waals surface area contributed by atoms with E-state index in [0.717, 1.165) is 12.7 Å². The van der Waals surface area contributed by atoms with E-state index >= 15 is 0 Å². The fourth-order valence-electron chi connectivity index (χ4n) is 3.02. The molecule has 0 radical (unpaired) electrons. The van der Waals surface area contributed by atoms with Gasteiger partial charge < -0.3 is 5.32 Å². The van der Waals surface area contributed by atoms with E-state index in [2.05, 4.69) is 5.32 Å². The van der Waals surface area contributed by atoms with E-state index < -0.39 is 24.9 Å². The van der Waals surface area contributed by atoms with Gasteiger partial charge >= 0.3 is 0 Å². The van der Waals surface area contributed by atoms with E-state index in [1.165, 1.54) is 24.3 Å². The SMILES string of the molecule is CNC1CCC(S(=O)(=O)c2ccc(S(C)(=O)=O)cc2)C1C. The molecule has 1 fully saturated rings. The van der Waals surface area contributed by atoms with Crippen LogP contribution in [0.25, 0.3) is 0 Å². The van der Waals surface area contributed by atoms with Gasteiger partial charge in [0.15, 0.2) is 19.7 Å². The Morgan fingerprint density at radius 3 is 1.95 bits per heavy atom. The van der Waals surface area contributed by atoms with Crippen molar-refractivity contribution in [3.8, 4) is 0 Å². The fourth-order valence-corrected chi connectivity index (χ4v) is 5.72. The summed E-state index contributed by atoms with van der Waals surface area (Å²) < 4.78 is 48.2. The number of rotatable bonds is 4. The van der Waals surface area contributed by atoms with Crippen molar-refractivity contribution in [3.63, 3.8) is 0 Å². The van der Waals surface area contributed by atoms with Gasteiger partial charge in [-0.1, -0.05) is 6.92 Å². The molecule has 3 atom stereocenters. The minimum absolute atomic E-state index is 0.0367. The number of nitrogens with one attached hydrogen (secondary N) is 1. The van der Waals surface area contributed by atoms with Gasteiger partial charge in [0.05, 0.1) is 15.0 Å². The number of sulfone groups is 2. The summed E-state index contributed by atoms with van der Waals surface area (Å²) in [5.74, 6) is 0.0367. The second-order valence-electron chi connectivity index (χ2n) is 5.66. The van der Waals surface area contributed by atoms with Crippen molar-refractivity contribution in [2.45, 2.75) is 40.8 Å². The molecule has 21 heavy (non-hydrogen) atoms. The first-order valence-electron chi connectivity index (χ1n) is 6.89. The lowest BCUT2D eigenvalue weighted by Gasteiger charge is -2.20. The molecule has 0 aliphatic heterocycles. The molecule has 5 nitrogen and oxygen atoms in total. The van der Waals surface area contributed by atoms with Crippen molar-refractivity contribution in [3.05, 3.63) is 24.3 Å². The van der Waals surface area contributed by atoms with Gasteiger partial charge in [-0.05, 0) is 50.1 Å². The second-order valence-corrected chi connectivity index (χ2v) is 9.84. The Morgan fingerprint density at radius 1 is 1.00 bits per heavy atom. The van der Waals surface area contributed by atoms with Crippen LogP contribution in [0.5, 0.6) is 0 Å². The minimum atomic E-state index is -3.43. The normalized spacial score (nSPS) is 26.9. The molecule has 1 aliphatic carbocycles. The van der Waals surface area contributed by atoms with Crippen molar-refractivity contribution in [1.29, 1.82) is 0 Å². The average Bonchev–Trinajstić information content (AvgIpc) is 2.79. The van der Waals surface area contributed by atoms with Gasteiger partial charge in [0.2, 0.25) is 0 Å². The van der Waals surface area contributed by atoms with E-state index in [4.69, 9.17) is 0 Å². The average molecular weight is 331 g/mol. The van der Waals surface area contributed by atoms with Gasteiger partial charge in [0.25, 0.3) is 0 Å².